The SMILES string of the molecule is CC1CC2C3CCC4=CC(O)C=C[C@]4(C)C3C(O)C[C@]2(C)C1C(=O)CO. The van der Waals surface area contributed by atoms with Gasteiger partial charge in [0.05, 0.1) is 12.2 Å². The van der Waals surface area contributed by atoms with Crippen molar-refractivity contribution in [1.29, 1.82) is 0 Å². The summed E-state index contributed by atoms with van der Waals surface area (Å²) in [6, 6.07) is 0. The summed E-state index contributed by atoms with van der Waals surface area (Å²) in [6.45, 7) is 6.12. The first-order chi connectivity index (χ1) is 12.2. The van der Waals surface area contributed by atoms with Crippen LogP contribution in [-0.4, -0.2) is 39.9 Å². The van der Waals surface area contributed by atoms with Crippen molar-refractivity contribution in [3.05, 3.63) is 23.8 Å². The van der Waals surface area contributed by atoms with Gasteiger partial charge >= 0.3 is 0 Å². The molecule has 4 aliphatic rings. The highest BCUT2D eigenvalue weighted by atomic mass is 16.3. The van der Waals surface area contributed by atoms with Gasteiger partial charge in [0.15, 0.2) is 5.78 Å². The van der Waals surface area contributed by atoms with E-state index in [1.54, 1.807) is 0 Å². The van der Waals surface area contributed by atoms with E-state index in [2.05, 4.69) is 26.8 Å². The van der Waals surface area contributed by atoms with Gasteiger partial charge < -0.3 is 15.3 Å². The van der Waals surface area contributed by atoms with Crippen LogP contribution < -0.4 is 0 Å². The average Bonchev–Trinajstić information content (AvgIpc) is 2.84. The van der Waals surface area contributed by atoms with Crippen LogP contribution in [0.5, 0.6) is 0 Å². The van der Waals surface area contributed by atoms with Gasteiger partial charge in [0.25, 0.3) is 0 Å². The molecule has 0 heterocycles. The van der Waals surface area contributed by atoms with Crippen molar-refractivity contribution in [1.82, 2.24) is 0 Å². The summed E-state index contributed by atoms with van der Waals surface area (Å²) < 4.78 is 0. The number of allylic oxidation sites excluding steroid dienone is 2. The largest absolute Gasteiger partial charge is 0.393 e. The maximum Gasteiger partial charge on any atom is 0.162 e. The number of carbonyl (C=O) groups excluding carboxylic acids is 1. The molecule has 0 aromatic heterocycles. The Bertz CT molecular complexity index is 667. The van der Waals surface area contributed by atoms with E-state index < -0.39 is 18.8 Å². The van der Waals surface area contributed by atoms with Crippen LogP contribution in [0.15, 0.2) is 23.8 Å². The molecule has 0 radical (unpaired) electrons. The summed E-state index contributed by atoms with van der Waals surface area (Å²) in [5.74, 6) is 0.969. The molecule has 0 saturated heterocycles. The van der Waals surface area contributed by atoms with Crippen LogP contribution in [0.4, 0.5) is 0 Å². The average molecular weight is 360 g/mol. The molecule has 4 heteroatoms. The van der Waals surface area contributed by atoms with Crippen LogP contribution in [0.25, 0.3) is 0 Å². The standard InChI is InChI=1S/C22H32O4/c1-12-8-16-15-5-4-13-9-14(24)6-7-21(13,2)20(15)17(25)10-22(16,3)19(12)18(26)11-23/h6-7,9,12,14-17,19-20,23-25H,4-5,8,10-11H2,1-3H3/t12?,14?,15?,16?,17?,19?,20?,21-,22-/m0/s1. The minimum absolute atomic E-state index is 0.0589. The number of ketones is 1. The number of aliphatic hydroxyl groups excluding tert-OH is 3. The van der Waals surface area contributed by atoms with Crippen molar-refractivity contribution in [2.24, 2.45) is 40.4 Å². The minimum atomic E-state index is -0.515. The zero-order valence-electron chi connectivity index (χ0n) is 16.1. The maximum atomic E-state index is 12.5. The Labute approximate surface area is 156 Å². The molecule has 26 heavy (non-hydrogen) atoms. The lowest BCUT2D eigenvalue weighted by molar-refractivity contribution is -0.142. The molecule has 0 bridgehead atoms. The molecule has 3 saturated carbocycles. The molecule has 0 aromatic rings. The van der Waals surface area contributed by atoms with Crippen molar-refractivity contribution < 1.29 is 20.1 Å². The number of Topliss-reactive ketones (excluding diaryl/α,β-unsaturated/α-hetero) is 1. The first-order valence-corrected chi connectivity index (χ1v) is 10.1. The number of fused-ring (bicyclic) bond motifs is 5. The number of hydrogen-bond donors (Lipinski definition) is 3. The molecular weight excluding hydrogens is 328 g/mol. The lowest BCUT2D eigenvalue weighted by Crippen LogP contribution is -2.56. The number of carbonyl (C=O) groups is 1. The Hall–Kier alpha value is -0.970. The molecule has 4 aliphatic carbocycles. The Morgan fingerprint density at radius 1 is 1.31 bits per heavy atom. The van der Waals surface area contributed by atoms with Gasteiger partial charge in [-0.15, -0.1) is 0 Å². The predicted octanol–water partition coefficient (Wildman–Crippen LogP) is 2.48. The summed E-state index contributed by atoms with van der Waals surface area (Å²) >= 11 is 0. The fourth-order valence-corrected chi connectivity index (χ4v) is 7.60. The lowest BCUT2D eigenvalue weighted by atomic mass is 9.46. The third-order valence-electron chi connectivity index (χ3n) is 8.44. The van der Waals surface area contributed by atoms with Crippen molar-refractivity contribution in [2.75, 3.05) is 6.61 Å². The van der Waals surface area contributed by atoms with E-state index in [0.29, 0.717) is 18.3 Å². The van der Waals surface area contributed by atoms with Crippen LogP contribution in [0.1, 0.15) is 46.5 Å². The van der Waals surface area contributed by atoms with Crippen LogP contribution in [0.3, 0.4) is 0 Å². The normalized spacial score (nSPS) is 52.7. The molecule has 144 valence electrons. The third-order valence-corrected chi connectivity index (χ3v) is 8.44. The molecule has 0 aliphatic heterocycles. The Morgan fingerprint density at radius 3 is 2.73 bits per heavy atom. The molecular formula is C22H32O4. The number of rotatable bonds is 2. The molecule has 3 fully saturated rings. The first-order valence-electron chi connectivity index (χ1n) is 10.1. The summed E-state index contributed by atoms with van der Waals surface area (Å²) in [5.41, 5.74) is 0.825. The summed E-state index contributed by atoms with van der Waals surface area (Å²) in [6.07, 6.45) is 8.54. The van der Waals surface area contributed by atoms with Crippen molar-refractivity contribution in [2.45, 2.75) is 58.7 Å². The Balaban J connectivity index is 1.73. The predicted molar refractivity (Wildman–Crippen MR) is 99.1 cm³/mol. The summed E-state index contributed by atoms with van der Waals surface area (Å²) in [4.78, 5) is 12.5. The van der Waals surface area contributed by atoms with E-state index in [-0.39, 0.29) is 34.4 Å². The van der Waals surface area contributed by atoms with E-state index in [0.717, 1.165) is 19.3 Å². The van der Waals surface area contributed by atoms with E-state index in [9.17, 15) is 20.1 Å². The fraction of sp³-hybridized carbons (Fsp3) is 0.773. The molecule has 0 aromatic carbocycles. The van der Waals surface area contributed by atoms with Gasteiger partial charge in [0, 0.05) is 17.3 Å². The highest BCUT2D eigenvalue weighted by molar-refractivity contribution is 5.83. The minimum Gasteiger partial charge on any atom is -0.393 e. The van der Waals surface area contributed by atoms with Crippen molar-refractivity contribution in [3.63, 3.8) is 0 Å². The highest BCUT2D eigenvalue weighted by Crippen LogP contribution is 2.67. The molecule has 7 unspecified atom stereocenters. The van der Waals surface area contributed by atoms with Crippen LogP contribution >= 0.6 is 0 Å². The number of hydrogen-bond acceptors (Lipinski definition) is 4. The van der Waals surface area contributed by atoms with Gasteiger partial charge in [-0.25, -0.2) is 0 Å². The van der Waals surface area contributed by atoms with Crippen molar-refractivity contribution >= 4 is 5.78 Å². The first kappa shape index (κ1) is 18.4. The lowest BCUT2D eigenvalue weighted by Gasteiger charge is -2.59. The zero-order chi connectivity index (χ0) is 18.9. The summed E-state index contributed by atoms with van der Waals surface area (Å²) in [5, 5.41) is 30.7. The van der Waals surface area contributed by atoms with Gasteiger partial charge in [-0.2, -0.15) is 0 Å². The van der Waals surface area contributed by atoms with Gasteiger partial charge in [0.1, 0.15) is 6.61 Å². The van der Waals surface area contributed by atoms with E-state index in [4.69, 9.17) is 0 Å². The second kappa shape index (κ2) is 6.02. The molecule has 9 atom stereocenters. The highest BCUT2D eigenvalue weighted by Gasteiger charge is 2.64. The second-order valence-corrected chi connectivity index (χ2v) is 9.75. The Morgan fingerprint density at radius 2 is 2.04 bits per heavy atom. The zero-order valence-corrected chi connectivity index (χ0v) is 16.1. The van der Waals surface area contributed by atoms with E-state index in [1.807, 2.05) is 12.2 Å². The van der Waals surface area contributed by atoms with Gasteiger partial charge in [-0.3, -0.25) is 4.79 Å². The van der Waals surface area contributed by atoms with Gasteiger partial charge in [-0.05, 0) is 48.9 Å². The van der Waals surface area contributed by atoms with Crippen molar-refractivity contribution in [3.8, 4) is 0 Å². The van der Waals surface area contributed by atoms with E-state index in [1.165, 1.54) is 5.57 Å². The van der Waals surface area contributed by atoms with Crippen LogP contribution in [-0.2, 0) is 4.79 Å². The molecule has 4 nitrogen and oxygen atoms in total. The topological polar surface area (TPSA) is 77.8 Å². The van der Waals surface area contributed by atoms with Gasteiger partial charge in [-0.1, -0.05) is 44.6 Å². The van der Waals surface area contributed by atoms with E-state index >= 15 is 0 Å². The smallest absolute Gasteiger partial charge is 0.162 e. The Kier molecular flexibility index (Phi) is 4.26. The second-order valence-electron chi connectivity index (χ2n) is 9.75. The van der Waals surface area contributed by atoms with Gasteiger partial charge in [0.2, 0.25) is 0 Å². The monoisotopic (exact) mass is 360 g/mol. The fourth-order valence-electron chi connectivity index (χ4n) is 7.60. The quantitative estimate of drug-likeness (QED) is 0.661. The van der Waals surface area contributed by atoms with Crippen LogP contribution in [0.2, 0.25) is 0 Å². The number of aliphatic hydroxyl groups is 3. The summed E-state index contributed by atoms with van der Waals surface area (Å²) in [7, 11) is 0. The molecule has 0 spiro atoms. The molecule has 3 N–H and O–H groups in total. The maximum absolute atomic E-state index is 12.5. The third kappa shape index (κ3) is 2.35. The van der Waals surface area contributed by atoms with Crippen LogP contribution in [0, 0.1) is 40.4 Å². The molecule has 0 amide bonds. The molecule has 4 rings (SSSR count).